The first-order chi connectivity index (χ1) is 14.9. The molecule has 0 saturated heterocycles. The topological polar surface area (TPSA) is 137 Å². The number of rotatable bonds is 9. The lowest BCUT2D eigenvalue weighted by Crippen LogP contribution is -2.42. The summed E-state index contributed by atoms with van der Waals surface area (Å²) in [6, 6.07) is 2.52. The third-order valence-corrected chi connectivity index (χ3v) is 5.32. The Morgan fingerprint density at radius 2 is 2.06 bits per heavy atom. The average molecular weight is 485 g/mol. The Labute approximate surface area is 194 Å². The van der Waals surface area contributed by atoms with Crippen LogP contribution >= 0.6 is 23.4 Å². The van der Waals surface area contributed by atoms with E-state index in [2.05, 4.69) is 15.5 Å². The van der Waals surface area contributed by atoms with Gasteiger partial charge in [0.2, 0.25) is 0 Å². The number of non-ortho nitro benzene ring substituents is 1. The van der Waals surface area contributed by atoms with E-state index in [0.717, 1.165) is 6.07 Å². The highest BCUT2D eigenvalue weighted by atomic mass is 35.5. The van der Waals surface area contributed by atoms with Gasteiger partial charge in [0.1, 0.15) is 6.04 Å². The average Bonchev–Trinajstić information content (AvgIpc) is 3.21. The number of nitro benzene ring substituents is 1. The number of hydrogen-bond acceptors (Lipinski definition) is 9. The summed E-state index contributed by atoms with van der Waals surface area (Å²) in [5, 5.41) is 17.3. The summed E-state index contributed by atoms with van der Waals surface area (Å²) in [5.41, 5.74) is -0.559. The van der Waals surface area contributed by atoms with Crippen molar-refractivity contribution in [3.05, 3.63) is 50.6 Å². The second kappa shape index (κ2) is 10.8. The molecule has 12 heteroatoms. The fraction of sp³-hybridized carbons (Fsp3) is 0.500. The molecule has 0 aliphatic rings. The van der Waals surface area contributed by atoms with E-state index in [9.17, 15) is 19.7 Å². The van der Waals surface area contributed by atoms with Crippen molar-refractivity contribution < 1.29 is 23.8 Å². The van der Waals surface area contributed by atoms with Crippen molar-refractivity contribution in [3.63, 3.8) is 0 Å². The van der Waals surface area contributed by atoms with Crippen molar-refractivity contribution in [1.29, 1.82) is 0 Å². The van der Waals surface area contributed by atoms with Crippen LogP contribution in [0, 0.1) is 10.1 Å². The van der Waals surface area contributed by atoms with Gasteiger partial charge in [-0.15, -0.1) is 0 Å². The van der Waals surface area contributed by atoms with Crippen LogP contribution in [0.1, 0.15) is 62.3 Å². The molecule has 0 aliphatic heterocycles. The largest absolute Gasteiger partial charge is 0.451 e. The maximum absolute atomic E-state index is 12.8. The number of ether oxygens (including phenoxy) is 1. The molecule has 0 aliphatic carbocycles. The van der Waals surface area contributed by atoms with Gasteiger partial charge in [-0.3, -0.25) is 14.9 Å². The van der Waals surface area contributed by atoms with Gasteiger partial charge in [-0.2, -0.15) is 16.7 Å². The van der Waals surface area contributed by atoms with Crippen molar-refractivity contribution >= 4 is 40.9 Å². The summed E-state index contributed by atoms with van der Waals surface area (Å²) in [4.78, 5) is 40.0. The van der Waals surface area contributed by atoms with Crippen LogP contribution in [0.4, 0.5) is 5.69 Å². The lowest BCUT2D eigenvalue weighted by molar-refractivity contribution is -0.384. The Hall–Kier alpha value is -2.66. The quantitative estimate of drug-likeness (QED) is 0.317. The molecule has 0 unspecified atom stereocenters. The SMILES string of the molecule is CSCC[C@@H](NC(=O)c1ccc([N+](=O)[O-])cc1Cl)C(=O)O[C@@H](C)c1nc(C(C)(C)C)no1. The van der Waals surface area contributed by atoms with Gasteiger partial charge in [0.25, 0.3) is 17.5 Å². The minimum Gasteiger partial charge on any atom is -0.451 e. The van der Waals surface area contributed by atoms with Crippen LogP contribution in [0.25, 0.3) is 0 Å². The molecule has 2 rings (SSSR count). The number of thioether (sulfide) groups is 1. The number of esters is 1. The van der Waals surface area contributed by atoms with Crippen LogP contribution in [-0.2, 0) is 14.9 Å². The standard InChI is InChI=1S/C20H25ClN4O6S/c1-11(17-23-19(24-31-17)20(2,3)4)30-18(27)15(8-9-32-5)22-16(26)13-7-6-12(25(28)29)10-14(13)21/h6-7,10-11,15H,8-9H2,1-5H3,(H,22,26)/t11-,15+/m0/s1. The van der Waals surface area contributed by atoms with Crippen LogP contribution in [0.15, 0.2) is 22.7 Å². The third kappa shape index (κ3) is 6.67. The number of nitrogens with zero attached hydrogens (tertiary/aromatic N) is 3. The highest BCUT2D eigenvalue weighted by molar-refractivity contribution is 7.98. The maximum Gasteiger partial charge on any atom is 0.329 e. The first-order valence-electron chi connectivity index (χ1n) is 9.72. The summed E-state index contributed by atoms with van der Waals surface area (Å²) in [6.45, 7) is 7.37. The summed E-state index contributed by atoms with van der Waals surface area (Å²) < 4.78 is 10.7. The number of hydrogen-bond donors (Lipinski definition) is 1. The predicted octanol–water partition coefficient (Wildman–Crippen LogP) is 4.08. The van der Waals surface area contributed by atoms with Gasteiger partial charge in [-0.25, -0.2) is 4.79 Å². The van der Waals surface area contributed by atoms with Gasteiger partial charge < -0.3 is 14.6 Å². The maximum atomic E-state index is 12.8. The summed E-state index contributed by atoms with van der Waals surface area (Å²) >= 11 is 7.52. The molecule has 0 saturated carbocycles. The zero-order valence-corrected chi connectivity index (χ0v) is 20.0. The molecule has 1 aromatic heterocycles. The molecule has 174 valence electrons. The Morgan fingerprint density at radius 3 is 2.59 bits per heavy atom. The minimum atomic E-state index is -0.964. The smallest absolute Gasteiger partial charge is 0.329 e. The zero-order chi connectivity index (χ0) is 24.1. The molecular weight excluding hydrogens is 460 g/mol. The van der Waals surface area contributed by atoms with E-state index in [1.54, 1.807) is 6.92 Å². The molecule has 1 aromatic carbocycles. The summed E-state index contributed by atoms with van der Waals surface area (Å²) in [6.07, 6.45) is 1.36. The zero-order valence-electron chi connectivity index (χ0n) is 18.4. The highest BCUT2D eigenvalue weighted by Crippen LogP contribution is 2.24. The third-order valence-electron chi connectivity index (χ3n) is 4.36. The molecule has 32 heavy (non-hydrogen) atoms. The number of halogens is 1. The Kier molecular flexibility index (Phi) is 8.62. The van der Waals surface area contributed by atoms with Crippen LogP contribution < -0.4 is 5.32 Å². The molecule has 2 atom stereocenters. The van der Waals surface area contributed by atoms with Gasteiger partial charge in [-0.05, 0) is 31.4 Å². The molecule has 1 N–H and O–H groups in total. The molecule has 1 heterocycles. The number of carbonyl (C=O) groups excluding carboxylic acids is 2. The molecule has 0 spiro atoms. The summed E-state index contributed by atoms with van der Waals surface area (Å²) in [5.74, 6) is -0.106. The second-order valence-corrected chi connectivity index (χ2v) is 9.41. The van der Waals surface area contributed by atoms with E-state index in [1.807, 2.05) is 27.0 Å². The minimum absolute atomic E-state index is 0.0130. The Bertz CT molecular complexity index is 991. The highest BCUT2D eigenvalue weighted by Gasteiger charge is 2.29. The van der Waals surface area contributed by atoms with Gasteiger partial charge in [0.15, 0.2) is 11.9 Å². The van der Waals surface area contributed by atoms with Crippen LogP contribution in [0.5, 0.6) is 0 Å². The normalized spacial score (nSPS) is 13.3. The van der Waals surface area contributed by atoms with Crippen LogP contribution in [-0.4, -0.2) is 45.0 Å². The number of nitro groups is 1. The monoisotopic (exact) mass is 484 g/mol. The number of nitrogens with one attached hydrogen (secondary N) is 1. The van der Waals surface area contributed by atoms with Crippen molar-refractivity contribution in [3.8, 4) is 0 Å². The molecule has 10 nitrogen and oxygen atoms in total. The number of amides is 1. The van der Waals surface area contributed by atoms with E-state index in [0.29, 0.717) is 18.0 Å². The fourth-order valence-corrected chi connectivity index (χ4v) is 3.27. The summed E-state index contributed by atoms with van der Waals surface area (Å²) in [7, 11) is 0. The first-order valence-corrected chi connectivity index (χ1v) is 11.5. The van der Waals surface area contributed by atoms with E-state index in [1.165, 1.54) is 23.9 Å². The van der Waals surface area contributed by atoms with E-state index in [-0.39, 0.29) is 27.6 Å². The Balaban J connectivity index is 2.13. The Morgan fingerprint density at radius 1 is 1.38 bits per heavy atom. The lowest BCUT2D eigenvalue weighted by atomic mass is 9.96. The molecule has 0 radical (unpaired) electrons. The van der Waals surface area contributed by atoms with Gasteiger partial charge in [0.05, 0.1) is 15.5 Å². The van der Waals surface area contributed by atoms with Gasteiger partial charge >= 0.3 is 5.97 Å². The van der Waals surface area contributed by atoms with Crippen molar-refractivity contribution in [2.24, 2.45) is 0 Å². The molecule has 2 aromatic rings. The molecule has 0 bridgehead atoms. The van der Waals surface area contributed by atoms with E-state index < -0.39 is 28.9 Å². The van der Waals surface area contributed by atoms with Crippen molar-refractivity contribution in [2.75, 3.05) is 12.0 Å². The second-order valence-electron chi connectivity index (χ2n) is 8.01. The lowest BCUT2D eigenvalue weighted by Gasteiger charge is -2.19. The molecular formula is C20H25ClN4O6S. The predicted molar refractivity (Wildman–Crippen MR) is 120 cm³/mol. The van der Waals surface area contributed by atoms with Gasteiger partial charge in [0, 0.05) is 17.5 Å². The van der Waals surface area contributed by atoms with E-state index >= 15 is 0 Å². The molecule has 0 fully saturated rings. The van der Waals surface area contributed by atoms with Gasteiger partial charge in [-0.1, -0.05) is 37.5 Å². The molecule has 1 amide bonds. The van der Waals surface area contributed by atoms with Crippen molar-refractivity contribution in [1.82, 2.24) is 15.5 Å². The van der Waals surface area contributed by atoms with E-state index in [4.69, 9.17) is 20.9 Å². The number of carbonyl (C=O) groups is 2. The van der Waals surface area contributed by atoms with Crippen LogP contribution in [0.3, 0.4) is 0 Å². The number of aromatic nitrogens is 2. The first kappa shape index (κ1) is 25.6. The van der Waals surface area contributed by atoms with Crippen molar-refractivity contribution in [2.45, 2.75) is 51.7 Å². The fourth-order valence-electron chi connectivity index (χ4n) is 2.53. The van der Waals surface area contributed by atoms with Crippen LogP contribution in [0.2, 0.25) is 5.02 Å². The number of benzene rings is 1.